The van der Waals surface area contributed by atoms with Gasteiger partial charge in [0.1, 0.15) is 59.3 Å². The van der Waals surface area contributed by atoms with Crippen LogP contribution in [0.5, 0.6) is 6.01 Å². The van der Waals surface area contributed by atoms with Gasteiger partial charge in [0.05, 0.1) is 33.3 Å². The summed E-state index contributed by atoms with van der Waals surface area (Å²) in [6.45, 7) is 2.08. The highest BCUT2D eigenvalue weighted by Crippen LogP contribution is 2.44. The number of nitriles is 1. The van der Waals surface area contributed by atoms with Crippen LogP contribution < -0.4 is 15.4 Å². The standard InChI is InChI=1S/C33H30F3N11O2S/c34-17-8-33(6-1-7-45(33)11-17)14-49-31-42-27-22(10-40-26(25(27)36)20-4-5-23(35)28-24(20)21(9-37)29(38)50-28)30(43-31)44-12-18-2-3-19(13-44)47(18)32(48)46-16-39-15-41-46/h4-5,10,15-19H,1-3,6-8,11-14,38H2/t17-,18?,19?,33+/m1/s1. The van der Waals surface area contributed by atoms with Gasteiger partial charge < -0.3 is 20.3 Å². The molecule has 8 heterocycles. The summed E-state index contributed by atoms with van der Waals surface area (Å²) in [5.41, 5.74) is 5.61. The average molecular weight is 702 g/mol. The Balaban J connectivity index is 1.14. The number of piperazine rings is 1. The van der Waals surface area contributed by atoms with Crippen molar-refractivity contribution in [2.75, 3.05) is 43.4 Å². The van der Waals surface area contributed by atoms with Crippen LogP contribution in [-0.4, -0.2) is 102 Å². The number of rotatable bonds is 5. The number of amides is 1. The second-order valence-electron chi connectivity index (χ2n) is 13.4. The van der Waals surface area contributed by atoms with Crippen molar-refractivity contribution < 1.29 is 22.7 Å². The van der Waals surface area contributed by atoms with Gasteiger partial charge in [-0.25, -0.2) is 22.9 Å². The van der Waals surface area contributed by atoms with E-state index < -0.39 is 23.3 Å². The molecule has 4 atom stereocenters. The van der Waals surface area contributed by atoms with Gasteiger partial charge >= 0.3 is 12.0 Å². The molecule has 1 aromatic carbocycles. The Morgan fingerprint density at radius 2 is 2.00 bits per heavy atom. The summed E-state index contributed by atoms with van der Waals surface area (Å²) >= 11 is 0.915. The maximum Gasteiger partial charge on any atom is 0.346 e. The molecule has 2 bridgehead atoms. The molecule has 256 valence electrons. The number of aromatic nitrogens is 6. The van der Waals surface area contributed by atoms with Crippen LogP contribution in [0.25, 0.3) is 32.2 Å². The van der Waals surface area contributed by atoms with Crippen LogP contribution in [-0.2, 0) is 0 Å². The number of halogens is 3. The van der Waals surface area contributed by atoms with Gasteiger partial charge in [-0.3, -0.25) is 9.88 Å². The van der Waals surface area contributed by atoms with Crippen LogP contribution in [0.1, 0.15) is 37.7 Å². The highest BCUT2D eigenvalue weighted by atomic mass is 32.1. The molecule has 9 rings (SSSR count). The molecule has 4 fully saturated rings. The number of benzene rings is 1. The topological polar surface area (TPSA) is 155 Å². The first-order chi connectivity index (χ1) is 24.2. The Morgan fingerprint density at radius 3 is 2.76 bits per heavy atom. The van der Waals surface area contributed by atoms with Crippen molar-refractivity contribution in [1.29, 1.82) is 5.26 Å². The van der Waals surface area contributed by atoms with Gasteiger partial charge in [-0.1, -0.05) is 0 Å². The highest BCUT2D eigenvalue weighted by Gasteiger charge is 2.50. The number of thiophene rings is 1. The molecular weight excluding hydrogens is 671 g/mol. The van der Waals surface area contributed by atoms with Gasteiger partial charge in [-0.2, -0.15) is 25.0 Å². The molecule has 5 aromatic rings. The van der Waals surface area contributed by atoms with E-state index in [9.17, 15) is 18.8 Å². The minimum atomic E-state index is -0.956. The first-order valence-electron chi connectivity index (χ1n) is 16.5. The predicted molar refractivity (Wildman–Crippen MR) is 177 cm³/mol. The van der Waals surface area contributed by atoms with Crippen LogP contribution in [0.15, 0.2) is 31.0 Å². The number of ether oxygens (including phenoxy) is 1. The third-order valence-electron chi connectivity index (χ3n) is 10.7. The zero-order valence-electron chi connectivity index (χ0n) is 26.6. The molecule has 0 radical (unpaired) electrons. The minimum Gasteiger partial charge on any atom is -0.461 e. The fourth-order valence-corrected chi connectivity index (χ4v) is 9.42. The van der Waals surface area contributed by atoms with Crippen molar-refractivity contribution in [2.24, 2.45) is 0 Å². The van der Waals surface area contributed by atoms with Gasteiger partial charge in [0.25, 0.3) is 0 Å². The Labute approximate surface area is 287 Å². The number of nitrogens with two attached hydrogens (primary N) is 1. The molecule has 0 spiro atoms. The van der Waals surface area contributed by atoms with E-state index in [2.05, 4.69) is 25.0 Å². The van der Waals surface area contributed by atoms with Crippen molar-refractivity contribution in [1.82, 2.24) is 39.5 Å². The monoisotopic (exact) mass is 701 g/mol. The van der Waals surface area contributed by atoms with Gasteiger partial charge in [-0.15, -0.1) is 11.3 Å². The first-order valence-corrected chi connectivity index (χ1v) is 17.3. The zero-order valence-corrected chi connectivity index (χ0v) is 27.4. The summed E-state index contributed by atoms with van der Waals surface area (Å²) in [6.07, 6.45) is 6.77. The number of hydrogen-bond donors (Lipinski definition) is 1. The smallest absolute Gasteiger partial charge is 0.346 e. The van der Waals surface area contributed by atoms with Gasteiger partial charge in [0, 0.05) is 43.2 Å². The van der Waals surface area contributed by atoms with Crippen molar-refractivity contribution in [3.63, 3.8) is 0 Å². The van der Waals surface area contributed by atoms with E-state index in [4.69, 9.17) is 15.5 Å². The maximum atomic E-state index is 16.9. The molecule has 2 N–H and O–H groups in total. The van der Waals surface area contributed by atoms with E-state index in [-0.39, 0.29) is 68.2 Å². The molecule has 1 amide bonds. The largest absolute Gasteiger partial charge is 0.461 e. The van der Waals surface area contributed by atoms with Crippen LogP contribution in [0.3, 0.4) is 0 Å². The van der Waals surface area contributed by atoms with Crippen molar-refractivity contribution in [3.05, 3.63) is 48.2 Å². The molecule has 4 saturated heterocycles. The summed E-state index contributed by atoms with van der Waals surface area (Å²) in [5.74, 6) is -0.988. The SMILES string of the molecule is N#Cc1c(N)sc2c(F)ccc(-c3ncc4c(N5CC6CCC(C5)N6C(=O)n5cncn5)nc(OC[C@@]56CCCN5C[C@H](F)C6)nc4c3F)c12. The quantitative estimate of drug-likeness (QED) is 0.275. The third kappa shape index (κ3) is 4.68. The van der Waals surface area contributed by atoms with Crippen molar-refractivity contribution >= 4 is 49.2 Å². The fourth-order valence-electron chi connectivity index (χ4n) is 8.47. The van der Waals surface area contributed by atoms with E-state index in [0.717, 1.165) is 43.6 Å². The van der Waals surface area contributed by atoms with Crippen molar-refractivity contribution in [2.45, 2.75) is 55.9 Å². The molecule has 50 heavy (non-hydrogen) atoms. The number of alkyl halides is 1. The second-order valence-corrected chi connectivity index (χ2v) is 14.5. The summed E-state index contributed by atoms with van der Waals surface area (Å²) in [5, 5.41) is 14.5. The lowest BCUT2D eigenvalue weighted by atomic mass is 9.95. The second kappa shape index (κ2) is 11.5. The molecule has 2 unspecified atom stereocenters. The van der Waals surface area contributed by atoms with Gasteiger partial charge in [-0.05, 0) is 44.4 Å². The first kappa shape index (κ1) is 30.9. The molecule has 4 aliphatic rings. The van der Waals surface area contributed by atoms with E-state index in [1.54, 1.807) is 0 Å². The molecule has 13 nitrogen and oxygen atoms in total. The fraction of sp³-hybridized carbons (Fsp3) is 0.424. The number of carbonyl (C=O) groups excluding carboxylic acids is 1. The lowest BCUT2D eigenvalue weighted by Gasteiger charge is -2.41. The lowest BCUT2D eigenvalue weighted by molar-refractivity contribution is 0.107. The predicted octanol–water partition coefficient (Wildman–Crippen LogP) is 4.51. The highest BCUT2D eigenvalue weighted by molar-refractivity contribution is 7.23. The summed E-state index contributed by atoms with van der Waals surface area (Å²) in [6, 6.07) is 3.94. The number of carbonyl (C=O) groups is 1. The van der Waals surface area contributed by atoms with E-state index in [1.165, 1.54) is 35.7 Å². The molecule has 17 heteroatoms. The summed E-state index contributed by atoms with van der Waals surface area (Å²) in [7, 11) is 0. The summed E-state index contributed by atoms with van der Waals surface area (Å²) < 4.78 is 53.9. The van der Waals surface area contributed by atoms with E-state index in [1.807, 2.05) is 15.9 Å². The number of nitrogens with zero attached hydrogens (tertiary/aromatic N) is 10. The molecule has 0 saturated carbocycles. The number of fused-ring (bicyclic) bond motifs is 5. The van der Waals surface area contributed by atoms with Crippen molar-refractivity contribution in [3.8, 4) is 23.3 Å². The van der Waals surface area contributed by atoms with Gasteiger partial charge in [0.2, 0.25) is 0 Å². The molecule has 0 aliphatic carbocycles. The Bertz CT molecular complexity index is 2210. The average Bonchev–Trinajstić information content (AvgIpc) is 3.93. The maximum absolute atomic E-state index is 16.9. The summed E-state index contributed by atoms with van der Waals surface area (Å²) in [4.78, 5) is 37.0. The number of hydrogen-bond acceptors (Lipinski definition) is 12. The number of nitrogen functional groups attached to an aromatic ring is 1. The molecule has 4 aromatic heterocycles. The van der Waals surface area contributed by atoms with Crippen LogP contribution in [0.2, 0.25) is 0 Å². The number of anilines is 2. The van der Waals surface area contributed by atoms with Crippen LogP contribution in [0, 0.1) is 23.0 Å². The van der Waals surface area contributed by atoms with E-state index >= 15 is 4.39 Å². The lowest BCUT2D eigenvalue weighted by Crippen LogP contribution is -2.57. The van der Waals surface area contributed by atoms with Gasteiger partial charge in [0.15, 0.2) is 5.82 Å². The molecule has 4 aliphatic heterocycles. The number of pyridine rings is 1. The van der Waals surface area contributed by atoms with E-state index in [0.29, 0.717) is 37.3 Å². The Morgan fingerprint density at radius 1 is 1.18 bits per heavy atom. The van der Waals surface area contributed by atoms with Crippen LogP contribution >= 0.6 is 11.3 Å². The van der Waals surface area contributed by atoms with Crippen LogP contribution in [0.4, 0.5) is 28.8 Å². The zero-order chi connectivity index (χ0) is 34.3. The molecular formula is C33H30F3N11O2S. The Kier molecular flexibility index (Phi) is 7.11. The third-order valence-corrected chi connectivity index (χ3v) is 11.7. The normalized spacial score (nSPS) is 24.7. The Hall–Kier alpha value is -5.08. The minimum absolute atomic E-state index is 0.0464.